The van der Waals surface area contributed by atoms with Gasteiger partial charge in [-0.05, 0) is 47.0 Å². The lowest BCUT2D eigenvalue weighted by molar-refractivity contribution is -0.189. The molecule has 0 saturated carbocycles. The van der Waals surface area contributed by atoms with Gasteiger partial charge in [0.2, 0.25) is 0 Å². The molecule has 20 heavy (non-hydrogen) atoms. The maximum atomic E-state index is 9.94. The third-order valence-electron chi connectivity index (χ3n) is 3.51. The highest BCUT2D eigenvalue weighted by Crippen LogP contribution is 2.31. The van der Waals surface area contributed by atoms with E-state index in [9.17, 15) is 9.90 Å². The summed E-state index contributed by atoms with van der Waals surface area (Å²) in [6.45, 7) is 19.5. The van der Waals surface area contributed by atoms with E-state index in [0.29, 0.717) is 6.61 Å². The van der Waals surface area contributed by atoms with E-state index in [0.717, 1.165) is 0 Å². The van der Waals surface area contributed by atoms with Crippen LogP contribution in [0.3, 0.4) is 0 Å². The molecule has 0 aliphatic rings. The predicted molar refractivity (Wildman–Crippen MR) is 82.7 cm³/mol. The predicted octanol–water partition coefficient (Wildman–Crippen LogP) is 3.56. The van der Waals surface area contributed by atoms with Crippen LogP contribution in [0, 0.1) is 5.41 Å². The van der Waals surface area contributed by atoms with E-state index in [1.807, 2.05) is 20.8 Å². The molecule has 0 aromatic rings. The maximum absolute atomic E-state index is 9.94. The van der Waals surface area contributed by atoms with Crippen molar-refractivity contribution in [3.05, 3.63) is 0 Å². The van der Waals surface area contributed by atoms with Gasteiger partial charge in [-0.25, -0.2) is 0 Å². The van der Waals surface area contributed by atoms with Crippen LogP contribution in [0.2, 0.25) is 0 Å². The summed E-state index contributed by atoms with van der Waals surface area (Å²) < 4.78 is 10.3. The minimum absolute atomic E-state index is 0.0997. The van der Waals surface area contributed by atoms with Crippen molar-refractivity contribution in [1.82, 2.24) is 0 Å². The van der Waals surface area contributed by atoms with E-state index in [2.05, 4.69) is 25.5 Å². The molecule has 1 atom stereocenters. The molecule has 0 heterocycles. The van der Waals surface area contributed by atoms with Crippen LogP contribution in [-0.2, 0) is 14.3 Å². The monoisotopic (exact) mass is 290 g/mol. The Morgan fingerprint density at radius 2 is 1.50 bits per heavy atom. The third-order valence-corrected chi connectivity index (χ3v) is 3.51. The van der Waals surface area contributed by atoms with Crippen LogP contribution in [0.4, 0.5) is 0 Å². The summed E-state index contributed by atoms with van der Waals surface area (Å²) in [5.41, 5.74) is -1.26. The lowest BCUT2D eigenvalue weighted by Gasteiger charge is -2.42. The molecule has 4 heteroatoms. The first-order valence-corrected chi connectivity index (χ1v) is 7.18. The molecule has 0 amide bonds. The second-order valence-electron chi connectivity index (χ2n) is 7.12. The van der Waals surface area contributed by atoms with Crippen molar-refractivity contribution in [3.8, 4) is 0 Å². The Labute approximate surface area is 124 Å². The molecule has 0 bridgehead atoms. The Balaban J connectivity index is 0. The van der Waals surface area contributed by atoms with Crippen LogP contribution < -0.4 is 0 Å². The smallest absolute Gasteiger partial charge is 0.302 e. The highest BCUT2D eigenvalue weighted by Gasteiger charge is 2.39. The van der Waals surface area contributed by atoms with Crippen molar-refractivity contribution < 1.29 is 19.4 Å². The summed E-state index contributed by atoms with van der Waals surface area (Å²) in [7, 11) is 0. The first-order valence-electron chi connectivity index (χ1n) is 7.18. The van der Waals surface area contributed by atoms with Crippen LogP contribution >= 0.6 is 0 Å². The van der Waals surface area contributed by atoms with Crippen molar-refractivity contribution in [1.29, 1.82) is 0 Å². The van der Waals surface area contributed by atoms with E-state index in [1.54, 1.807) is 20.8 Å². The van der Waals surface area contributed by atoms with E-state index < -0.39 is 11.2 Å². The second-order valence-corrected chi connectivity index (χ2v) is 7.12. The summed E-state index contributed by atoms with van der Waals surface area (Å²) in [6, 6.07) is 0. The Bertz CT molecular complexity index is 282. The summed E-state index contributed by atoms with van der Waals surface area (Å²) in [5, 5.41) is 9.94. The van der Waals surface area contributed by atoms with Gasteiger partial charge in [0.05, 0.1) is 23.9 Å². The van der Waals surface area contributed by atoms with Gasteiger partial charge in [-0.1, -0.05) is 20.8 Å². The lowest BCUT2D eigenvalue weighted by Crippen LogP contribution is -2.50. The molecule has 0 aromatic carbocycles. The number of aliphatic hydroxyl groups is 1. The number of hydrogen-bond donors (Lipinski definition) is 1. The fourth-order valence-corrected chi connectivity index (χ4v) is 0.966. The van der Waals surface area contributed by atoms with Crippen molar-refractivity contribution in [2.45, 2.75) is 86.5 Å². The number of rotatable bonds is 4. The largest absolute Gasteiger partial charge is 0.466 e. The summed E-state index contributed by atoms with van der Waals surface area (Å²) in [4.78, 5) is 9.82. The number of esters is 1. The highest BCUT2D eigenvalue weighted by atomic mass is 16.5. The lowest BCUT2D eigenvalue weighted by atomic mass is 9.86. The molecule has 0 rings (SSSR count). The van der Waals surface area contributed by atoms with E-state index in [1.165, 1.54) is 6.92 Å². The van der Waals surface area contributed by atoms with E-state index >= 15 is 0 Å². The van der Waals surface area contributed by atoms with E-state index in [4.69, 9.17) is 4.74 Å². The quantitative estimate of drug-likeness (QED) is 0.804. The van der Waals surface area contributed by atoms with Gasteiger partial charge in [0, 0.05) is 6.92 Å². The Morgan fingerprint density at radius 3 is 1.65 bits per heavy atom. The van der Waals surface area contributed by atoms with Gasteiger partial charge in [-0.2, -0.15) is 0 Å². The van der Waals surface area contributed by atoms with Crippen molar-refractivity contribution in [2.24, 2.45) is 5.41 Å². The molecule has 0 aliphatic carbocycles. The molecule has 0 radical (unpaired) electrons. The average molecular weight is 290 g/mol. The topological polar surface area (TPSA) is 55.8 Å². The fourth-order valence-electron chi connectivity index (χ4n) is 0.966. The molecule has 1 N–H and O–H groups in total. The normalized spacial score (nSPS) is 14.2. The Morgan fingerprint density at radius 1 is 1.10 bits per heavy atom. The molecular formula is C16H34O4. The van der Waals surface area contributed by atoms with Gasteiger partial charge >= 0.3 is 5.97 Å². The Hall–Kier alpha value is -0.610. The van der Waals surface area contributed by atoms with Crippen LogP contribution in [0.25, 0.3) is 0 Å². The zero-order chi connectivity index (χ0) is 16.8. The molecule has 0 fully saturated rings. The SMILES string of the molecule is CC(OC(C)(C)C(C)(C)O)C(C)(C)C.CCOC(C)=O. The van der Waals surface area contributed by atoms with Gasteiger partial charge in [0.25, 0.3) is 0 Å². The molecular weight excluding hydrogens is 256 g/mol. The first-order chi connectivity index (χ1) is 8.65. The molecule has 0 aliphatic heterocycles. The second kappa shape index (κ2) is 7.99. The van der Waals surface area contributed by atoms with Gasteiger partial charge < -0.3 is 14.6 Å². The van der Waals surface area contributed by atoms with Crippen molar-refractivity contribution >= 4 is 5.97 Å². The fraction of sp³-hybridized carbons (Fsp3) is 0.938. The molecule has 0 spiro atoms. The minimum atomic E-state index is -0.827. The zero-order valence-electron chi connectivity index (χ0n) is 15.0. The third kappa shape index (κ3) is 9.32. The number of hydrogen-bond acceptors (Lipinski definition) is 4. The van der Waals surface area contributed by atoms with Crippen LogP contribution in [-0.4, -0.2) is 35.0 Å². The van der Waals surface area contributed by atoms with Gasteiger partial charge in [-0.3, -0.25) is 4.79 Å². The zero-order valence-corrected chi connectivity index (χ0v) is 15.0. The summed E-state index contributed by atoms with van der Waals surface area (Å²) in [6.07, 6.45) is 0.115. The molecule has 4 nitrogen and oxygen atoms in total. The summed E-state index contributed by atoms with van der Waals surface area (Å²) >= 11 is 0. The van der Waals surface area contributed by atoms with Gasteiger partial charge in [0.1, 0.15) is 0 Å². The molecule has 1 unspecified atom stereocenters. The molecule has 122 valence electrons. The van der Waals surface area contributed by atoms with Crippen molar-refractivity contribution in [2.75, 3.05) is 6.61 Å². The number of ether oxygens (including phenoxy) is 2. The molecule has 0 saturated heterocycles. The highest BCUT2D eigenvalue weighted by molar-refractivity contribution is 5.65. The van der Waals surface area contributed by atoms with Crippen LogP contribution in [0.5, 0.6) is 0 Å². The number of carbonyl (C=O) groups excluding carboxylic acids is 1. The van der Waals surface area contributed by atoms with Crippen LogP contribution in [0.1, 0.15) is 69.2 Å². The summed E-state index contributed by atoms with van der Waals surface area (Å²) in [5.74, 6) is -0.211. The van der Waals surface area contributed by atoms with Crippen LogP contribution in [0.15, 0.2) is 0 Å². The minimum Gasteiger partial charge on any atom is -0.466 e. The van der Waals surface area contributed by atoms with Gasteiger partial charge in [-0.15, -0.1) is 0 Å². The van der Waals surface area contributed by atoms with Gasteiger partial charge in [0.15, 0.2) is 0 Å². The average Bonchev–Trinajstić information content (AvgIpc) is 2.13. The van der Waals surface area contributed by atoms with E-state index in [-0.39, 0.29) is 17.5 Å². The maximum Gasteiger partial charge on any atom is 0.302 e. The number of carbonyl (C=O) groups is 1. The standard InChI is InChI=1S/C12H26O2.C4H8O2/c1-9(10(2,3)4)14-12(7,8)11(5,6)13;1-3-6-4(2)5/h9,13H,1-8H3;3H2,1-2H3. The Kier molecular flexibility index (Phi) is 8.66. The van der Waals surface area contributed by atoms with Crippen molar-refractivity contribution in [3.63, 3.8) is 0 Å². The molecule has 0 aromatic heterocycles. The first kappa shape index (κ1) is 21.7.